The van der Waals surface area contributed by atoms with Crippen molar-refractivity contribution in [3.05, 3.63) is 29.8 Å². The maximum atomic E-state index is 12.6. The van der Waals surface area contributed by atoms with Crippen molar-refractivity contribution in [2.24, 2.45) is 0 Å². The van der Waals surface area contributed by atoms with Crippen LogP contribution >= 0.6 is 0 Å². The summed E-state index contributed by atoms with van der Waals surface area (Å²) in [5, 5.41) is 3.33. The third-order valence-electron chi connectivity index (χ3n) is 3.47. The first-order valence-corrected chi connectivity index (χ1v) is 6.65. The van der Waals surface area contributed by atoms with Gasteiger partial charge in [0.1, 0.15) is 0 Å². The van der Waals surface area contributed by atoms with E-state index in [1.165, 1.54) is 0 Å². The van der Waals surface area contributed by atoms with Gasteiger partial charge in [-0.15, -0.1) is 0 Å². The Kier molecular flexibility index (Phi) is 3.77. The number of ether oxygens (including phenoxy) is 2. The molecule has 5 nitrogen and oxygen atoms in total. The second kappa shape index (κ2) is 5.69. The first kappa shape index (κ1) is 12.6. The zero-order valence-electron chi connectivity index (χ0n) is 10.8. The molecule has 0 saturated carbocycles. The lowest BCUT2D eigenvalue weighted by atomic mass is 10.1. The summed E-state index contributed by atoms with van der Waals surface area (Å²) in [4.78, 5) is 14.4. The molecule has 3 rings (SSSR count). The molecule has 0 aliphatic carbocycles. The van der Waals surface area contributed by atoms with Crippen LogP contribution in [0.4, 0.5) is 5.69 Å². The van der Waals surface area contributed by atoms with Crippen LogP contribution in [0.5, 0.6) is 0 Å². The van der Waals surface area contributed by atoms with Crippen molar-refractivity contribution < 1.29 is 14.3 Å². The van der Waals surface area contributed by atoms with Gasteiger partial charge in [-0.1, -0.05) is 18.2 Å². The van der Waals surface area contributed by atoms with Crippen molar-refractivity contribution in [2.75, 3.05) is 37.8 Å². The predicted molar refractivity (Wildman–Crippen MR) is 71.1 cm³/mol. The van der Waals surface area contributed by atoms with Gasteiger partial charge in [-0.3, -0.25) is 4.79 Å². The van der Waals surface area contributed by atoms with E-state index < -0.39 is 6.10 Å². The highest BCUT2D eigenvalue weighted by molar-refractivity contribution is 5.97. The number of rotatable bonds is 1. The van der Waals surface area contributed by atoms with Crippen molar-refractivity contribution in [3.8, 4) is 0 Å². The fourth-order valence-corrected chi connectivity index (χ4v) is 2.49. The number of benzene rings is 1. The summed E-state index contributed by atoms with van der Waals surface area (Å²) in [6, 6.07) is 7.99. The Morgan fingerprint density at radius 2 is 2.21 bits per heavy atom. The average Bonchev–Trinajstić information content (AvgIpc) is 2.70. The first-order valence-electron chi connectivity index (χ1n) is 6.65. The number of nitrogens with zero attached hydrogens (tertiary/aromatic N) is 1. The van der Waals surface area contributed by atoms with Crippen molar-refractivity contribution in [1.29, 1.82) is 0 Å². The summed E-state index contributed by atoms with van der Waals surface area (Å²) in [6.07, 6.45) is -0.472. The first-order chi connectivity index (χ1) is 9.36. The number of fused-ring (bicyclic) bond motifs is 1. The molecule has 19 heavy (non-hydrogen) atoms. The fourth-order valence-electron chi connectivity index (χ4n) is 2.49. The van der Waals surface area contributed by atoms with Crippen LogP contribution in [0.3, 0.4) is 0 Å². The lowest BCUT2D eigenvalue weighted by molar-refractivity contribution is -0.144. The van der Waals surface area contributed by atoms with E-state index in [0.717, 1.165) is 24.3 Å². The molecular weight excluding hydrogens is 244 g/mol. The molecule has 2 aliphatic heterocycles. The maximum Gasteiger partial charge on any atom is 0.258 e. The fraction of sp³-hybridized carbons (Fsp3) is 0.500. The Balaban J connectivity index is 1.84. The van der Waals surface area contributed by atoms with Crippen LogP contribution in [-0.2, 0) is 20.8 Å². The van der Waals surface area contributed by atoms with Gasteiger partial charge in [0.05, 0.1) is 19.8 Å². The van der Waals surface area contributed by atoms with Crippen LogP contribution in [0, 0.1) is 0 Å². The summed E-state index contributed by atoms with van der Waals surface area (Å²) in [5.74, 6) is -0.00384. The zero-order chi connectivity index (χ0) is 13.1. The van der Waals surface area contributed by atoms with E-state index in [-0.39, 0.29) is 5.91 Å². The molecule has 1 unspecified atom stereocenters. The van der Waals surface area contributed by atoms with Crippen LogP contribution in [-0.4, -0.2) is 44.9 Å². The summed E-state index contributed by atoms with van der Waals surface area (Å²) >= 11 is 0. The highest BCUT2D eigenvalue weighted by atomic mass is 16.6. The second-order valence-electron chi connectivity index (χ2n) is 4.73. The molecular formula is C14H18N2O3. The zero-order valence-corrected chi connectivity index (χ0v) is 10.8. The lowest BCUT2D eigenvalue weighted by Crippen LogP contribution is -2.46. The number of carbonyl (C=O) groups is 1. The molecule has 0 aromatic heterocycles. The quantitative estimate of drug-likeness (QED) is 0.802. The van der Waals surface area contributed by atoms with E-state index in [2.05, 4.69) is 5.32 Å². The number of hydrogen-bond acceptors (Lipinski definition) is 4. The van der Waals surface area contributed by atoms with E-state index >= 15 is 0 Å². The minimum Gasteiger partial charge on any atom is -0.376 e. The molecule has 0 spiro atoms. The minimum absolute atomic E-state index is 0.00384. The van der Waals surface area contributed by atoms with Crippen molar-refractivity contribution in [1.82, 2.24) is 5.32 Å². The number of carbonyl (C=O) groups excluding carboxylic acids is 1. The van der Waals surface area contributed by atoms with Crippen LogP contribution in [0.15, 0.2) is 24.3 Å². The van der Waals surface area contributed by atoms with Gasteiger partial charge in [0.15, 0.2) is 6.10 Å². The highest BCUT2D eigenvalue weighted by Gasteiger charge is 2.30. The smallest absolute Gasteiger partial charge is 0.258 e. The number of nitrogens with one attached hydrogen (secondary N) is 1. The monoisotopic (exact) mass is 262 g/mol. The van der Waals surface area contributed by atoms with Crippen LogP contribution in [0.1, 0.15) is 5.56 Å². The summed E-state index contributed by atoms with van der Waals surface area (Å²) in [7, 11) is 0. The number of para-hydroxylation sites is 1. The lowest BCUT2D eigenvalue weighted by Gasteiger charge is -2.29. The molecule has 1 N–H and O–H groups in total. The van der Waals surface area contributed by atoms with Crippen molar-refractivity contribution in [3.63, 3.8) is 0 Å². The Labute approximate surface area is 112 Å². The highest BCUT2D eigenvalue weighted by Crippen LogP contribution is 2.23. The predicted octanol–water partition coefficient (Wildman–Crippen LogP) is 0.538. The number of anilines is 1. The van der Waals surface area contributed by atoms with E-state index in [0.29, 0.717) is 26.4 Å². The molecule has 1 saturated heterocycles. The average molecular weight is 262 g/mol. The third kappa shape index (κ3) is 2.63. The van der Waals surface area contributed by atoms with Crippen molar-refractivity contribution >= 4 is 11.6 Å². The minimum atomic E-state index is -0.472. The standard InChI is InChI=1S/C14H18N2O3/c17-14(13-10-18-7-8-19-13)16-6-5-15-9-11-3-1-2-4-12(11)16/h1-4,13,15H,5-10H2. The number of hydrogen-bond donors (Lipinski definition) is 1. The molecule has 1 aromatic carbocycles. The van der Waals surface area contributed by atoms with Crippen molar-refractivity contribution in [2.45, 2.75) is 12.6 Å². The van der Waals surface area contributed by atoms with E-state index in [1.54, 1.807) is 0 Å². The van der Waals surface area contributed by atoms with Gasteiger partial charge in [-0.25, -0.2) is 0 Å². The molecule has 1 amide bonds. The molecule has 2 heterocycles. The maximum absolute atomic E-state index is 12.6. The second-order valence-corrected chi connectivity index (χ2v) is 4.73. The largest absolute Gasteiger partial charge is 0.376 e. The van der Waals surface area contributed by atoms with Gasteiger partial charge in [0.25, 0.3) is 5.91 Å². The molecule has 2 aliphatic rings. The molecule has 102 valence electrons. The molecule has 1 atom stereocenters. The normalized spacial score (nSPS) is 23.6. The molecule has 1 fully saturated rings. The summed E-state index contributed by atoms with van der Waals surface area (Å²) < 4.78 is 10.8. The summed E-state index contributed by atoms with van der Waals surface area (Å²) in [5.41, 5.74) is 2.12. The molecule has 1 aromatic rings. The Morgan fingerprint density at radius 3 is 3.05 bits per heavy atom. The summed E-state index contributed by atoms with van der Waals surface area (Å²) in [6.45, 7) is 3.66. The van der Waals surface area contributed by atoms with Gasteiger partial charge in [0, 0.05) is 25.3 Å². The number of amides is 1. The SMILES string of the molecule is O=C(C1COCCO1)N1CCNCc2ccccc21. The van der Waals surface area contributed by atoms with Gasteiger partial charge >= 0.3 is 0 Å². The van der Waals surface area contributed by atoms with Gasteiger partial charge in [-0.05, 0) is 11.6 Å². The Hall–Kier alpha value is -1.43. The van der Waals surface area contributed by atoms with Crippen LogP contribution in [0.25, 0.3) is 0 Å². The van der Waals surface area contributed by atoms with Crippen LogP contribution in [0.2, 0.25) is 0 Å². The molecule has 0 bridgehead atoms. The Morgan fingerprint density at radius 1 is 1.32 bits per heavy atom. The van der Waals surface area contributed by atoms with E-state index in [9.17, 15) is 4.79 Å². The topological polar surface area (TPSA) is 50.8 Å². The molecule has 0 radical (unpaired) electrons. The van der Waals surface area contributed by atoms with E-state index in [4.69, 9.17) is 9.47 Å². The van der Waals surface area contributed by atoms with Gasteiger partial charge in [0.2, 0.25) is 0 Å². The van der Waals surface area contributed by atoms with Gasteiger partial charge in [-0.2, -0.15) is 0 Å². The molecule has 5 heteroatoms. The third-order valence-corrected chi connectivity index (χ3v) is 3.47. The van der Waals surface area contributed by atoms with Crippen LogP contribution < -0.4 is 10.2 Å². The van der Waals surface area contributed by atoms with Gasteiger partial charge < -0.3 is 19.7 Å². The van der Waals surface area contributed by atoms with E-state index in [1.807, 2.05) is 29.2 Å². The Bertz CT molecular complexity index is 458.